The third-order valence-corrected chi connectivity index (χ3v) is 2.04. The van der Waals surface area contributed by atoms with Gasteiger partial charge in [-0.15, -0.1) is 6.58 Å². The van der Waals surface area contributed by atoms with Crippen molar-refractivity contribution in [1.29, 1.82) is 0 Å². The zero-order chi connectivity index (χ0) is 7.40. The quantitative estimate of drug-likeness (QED) is 0.564. The predicted molar refractivity (Wildman–Crippen MR) is 41.8 cm³/mol. The van der Waals surface area contributed by atoms with Crippen molar-refractivity contribution in [3.05, 3.63) is 12.7 Å². The van der Waals surface area contributed by atoms with Crippen LogP contribution in [-0.4, -0.2) is 23.8 Å². The average Bonchev–Trinajstić information content (AvgIpc) is 1.87. The molecule has 0 heterocycles. The molecule has 1 rings (SSSR count). The summed E-state index contributed by atoms with van der Waals surface area (Å²) in [5, 5.41) is 12.0. The second-order valence-corrected chi connectivity index (χ2v) is 2.82. The molecule has 10 heavy (non-hydrogen) atoms. The number of aliphatic hydroxyl groups excluding tert-OH is 1. The van der Waals surface area contributed by atoms with Gasteiger partial charge >= 0.3 is 0 Å². The molecule has 2 N–H and O–H groups in total. The standard InChI is InChI=1S/C8H15NO/c1-2-7(6-10)9-8-4-3-5-8/h2,7-10H,1,3-6H2/t7-/m0/s1. The number of aliphatic hydroxyl groups is 1. The number of rotatable bonds is 4. The van der Waals surface area contributed by atoms with Crippen molar-refractivity contribution < 1.29 is 5.11 Å². The van der Waals surface area contributed by atoms with Gasteiger partial charge in [-0.2, -0.15) is 0 Å². The Labute approximate surface area is 61.9 Å². The van der Waals surface area contributed by atoms with E-state index in [0.717, 1.165) is 0 Å². The summed E-state index contributed by atoms with van der Waals surface area (Å²) in [6.07, 6.45) is 5.60. The Hall–Kier alpha value is -0.340. The van der Waals surface area contributed by atoms with E-state index in [2.05, 4.69) is 11.9 Å². The lowest BCUT2D eigenvalue weighted by atomic mass is 9.92. The first-order valence-electron chi connectivity index (χ1n) is 3.86. The van der Waals surface area contributed by atoms with Crippen LogP contribution in [-0.2, 0) is 0 Å². The second kappa shape index (κ2) is 3.74. The summed E-state index contributed by atoms with van der Waals surface area (Å²) in [6, 6.07) is 0.737. The van der Waals surface area contributed by atoms with Crippen LogP contribution in [0.2, 0.25) is 0 Å². The zero-order valence-electron chi connectivity index (χ0n) is 6.21. The van der Waals surface area contributed by atoms with E-state index >= 15 is 0 Å². The first kappa shape index (κ1) is 7.76. The van der Waals surface area contributed by atoms with Gasteiger partial charge in [-0.05, 0) is 12.8 Å². The molecule has 0 saturated heterocycles. The van der Waals surface area contributed by atoms with E-state index in [9.17, 15) is 0 Å². The molecule has 0 aromatic heterocycles. The maximum absolute atomic E-state index is 8.76. The van der Waals surface area contributed by atoms with Crippen LogP contribution in [0, 0.1) is 0 Å². The van der Waals surface area contributed by atoms with Crippen molar-refractivity contribution in [2.45, 2.75) is 31.3 Å². The number of nitrogens with one attached hydrogen (secondary N) is 1. The van der Waals surface area contributed by atoms with Crippen LogP contribution in [0.15, 0.2) is 12.7 Å². The molecule has 0 amide bonds. The van der Waals surface area contributed by atoms with Gasteiger partial charge in [-0.3, -0.25) is 0 Å². The van der Waals surface area contributed by atoms with Crippen molar-refractivity contribution in [3.63, 3.8) is 0 Å². The largest absolute Gasteiger partial charge is 0.394 e. The fraction of sp³-hybridized carbons (Fsp3) is 0.750. The van der Waals surface area contributed by atoms with E-state index < -0.39 is 0 Å². The molecule has 0 aromatic rings. The highest BCUT2D eigenvalue weighted by Gasteiger charge is 2.18. The Bertz CT molecular complexity index is 110. The van der Waals surface area contributed by atoms with Gasteiger partial charge in [0, 0.05) is 12.1 Å². The highest BCUT2D eigenvalue weighted by atomic mass is 16.3. The SMILES string of the molecule is C=C[C@@H](CO)NC1CCC1. The van der Waals surface area contributed by atoms with Crippen LogP contribution in [0.1, 0.15) is 19.3 Å². The van der Waals surface area contributed by atoms with Gasteiger partial charge in [0.25, 0.3) is 0 Å². The molecule has 2 nitrogen and oxygen atoms in total. The summed E-state index contributed by atoms with van der Waals surface area (Å²) in [5.74, 6) is 0. The summed E-state index contributed by atoms with van der Waals surface area (Å²) in [4.78, 5) is 0. The summed E-state index contributed by atoms with van der Waals surface area (Å²) >= 11 is 0. The summed E-state index contributed by atoms with van der Waals surface area (Å²) in [6.45, 7) is 3.79. The highest BCUT2D eigenvalue weighted by molar-refractivity contribution is 4.89. The van der Waals surface area contributed by atoms with Crippen molar-refractivity contribution in [1.82, 2.24) is 5.32 Å². The maximum atomic E-state index is 8.76. The summed E-state index contributed by atoms with van der Waals surface area (Å²) in [7, 11) is 0. The van der Waals surface area contributed by atoms with E-state index in [0.29, 0.717) is 6.04 Å². The fourth-order valence-corrected chi connectivity index (χ4v) is 1.07. The molecule has 0 aromatic carbocycles. The van der Waals surface area contributed by atoms with E-state index in [4.69, 9.17) is 5.11 Å². The number of hydrogen-bond donors (Lipinski definition) is 2. The van der Waals surface area contributed by atoms with Crippen LogP contribution in [0.25, 0.3) is 0 Å². The Morgan fingerprint density at radius 2 is 2.40 bits per heavy atom. The van der Waals surface area contributed by atoms with Gasteiger partial charge in [-0.1, -0.05) is 12.5 Å². The van der Waals surface area contributed by atoms with Gasteiger partial charge in [0.1, 0.15) is 0 Å². The molecule has 0 bridgehead atoms. The maximum Gasteiger partial charge on any atom is 0.0620 e. The molecule has 2 heteroatoms. The number of hydrogen-bond acceptors (Lipinski definition) is 2. The Morgan fingerprint density at radius 1 is 1.70 bits per heavy atom. The van der Waals surface area contributed by atoms with E-state index in [-0.39, 0.29) is 12.6 Å². The van der Waals surface area contributed by atoms with Crippen LogP contribution in [0.4, 0.5) is 0 Å². The molecular weight excluding hydrogens is 126 g/mol. The minimum atomic E-state index is 0.102. The normalized spacial score (nSPS) is 21.7. The minimum Gasteiger partial charge on any atom is -0.394 e. The fourth-order valence-electron chi connectivity index (χ4n) is 1.07. The highest BCUT2D eigenvalue weighted by Crippen LogP contribution is 2.18. The summed E-state index contributed by atoms with van der Waals surface area (Å²) in [5.41, 5.74) is 0. The van der Waals surface area contributed by atoms with Crippen LogP contribution in [0.3, 0.4) is 0 Å². The molecule has 0 spiro atoms. The molecule has 1 saturated carbocycles. The zero-order valence-corrected chi connectivity index (χ0v) is 6.21. The van der Waals surface area contributed by atoms with Gasteiger partial charge in [0.15, 0.2) is 0 Å². The predicted octanol–water partition coefficient (Wildman–Crippen LogP) is 0.675. The minimum absolute atomic E-state index is 0.102. The lowest BCUT2D eigenvalue weighted by molar-refractivity contribution is 0.230. The summed E-state index contributed by atoms with van der Waals surface area (Å²) < 4.78 is 0. The molecule has 1 fully saturated rings. The smallest absolute Gasteiger partial charge is 0.0620 e. The molecule has 1 aliphatic carbocycles. The second-order valence-electron chi connectivity index (χ2n) is 2.82. The Kier molecular flexibility index (Phi) is 2.90. The van der Waals surface area contributed by atoms with Crippen LogP contribution < -0.4 is 5.32 Å². The molecule has 58 valence electrons. The molecule has 1 aliphatic rings. The Balaban J connectivity index is 2.13. The van der Waals surface area contributed by atoms with Crippen LogP contribution in [0.5, 0.6) is 0 Å². The molecule has 0 radical (unpaired) electrons. The molecular formula is C8H15NO. The third kappa shape index (κ3) is 1.82. The molecule has 0 unspecified atom stereocenters. The van der Waals surface area contributed by atoms with Gasteiger partial charge < -0.3 is 10.4 Å². The van der Waals surface area contributed by atoms with Crippen LogP contribution >= 0.6 is 0 Å². The lowest BCUT2D eigenvalue weighted by Crippen LogP contribution is -2.42. The van der Waals surface area contributed by atoms with Crippen molar-refractivity contribution in [3.8, 4) is 0 Å². The van der Waals surface area contributed by atoms with Gasteiger partial charge in [0.05, 0.1) is 6.61 Å². The van der Waals surface area contributed by atoms with Crippen molar-refractivity contribution >= 4 is 0 Å². The first-order valence-corrected chi connectivity index (χ1v) is 3.86. The van der Waals surface area contributed by atoms with E-state index in [1.807, 2.05) is 0 Å². The van der Waals surface area contributed by atoms with Crippen molar-refractivity contribution in [2.75, 3.05) is 6.61 Å². The lowest BCUT2D eigenvalue weighted by Gasteiger charge is -2.29. The monoisotopic (exact) mass is 141 g/mol. The van der Waals surface area contributed by atoms with Gasteiger partial charge in [0.2, 0.25) is 0 Å². The van der Waals surface area contributed by atoms with E-state index in [1.165, 1.54) is 19.3 Å². The van der Waals surface area contributed by atoms with Gasteiger partial charge in [-0.25, -0.2) is 0 Å². The average molecular weight is 141 g/mol. The van der Waals surface area contributed by atoms with E-state index in [1.54, 1.807) is 6.08 Å². The first-order chi connectivity index (χ1) is 4.86. The van der Waals surface area contributed by atoms with Crippen molar-refractivity contribution in [2.24, 2.45) is 0 Å². The molecule has 0 aliphatic heterocycles. The third-order valence-electron chi connectivity index (χ3n) is 2.04. The topological polar surface area (TPSA) is 32.3 Å². The Morgan fingerprint density at radius 3 is 2.70 bits per heavy atom. The molecule has 1 atom stereocenters.